The highest BCUT2D eigenvalue weighted by Gasteiger charge is 2.42. The van der Waals surface area contributed by atoms with Gasteiger partial charge >= 0.3 is 0 Å². The van der Waals surface area contributed by atoms with Crippen LogP contribution >= 0.6 is 15.9 Å². The van der Waals surface area contributed by atoms with Crippen LogP contribution in [0.3, 0.4) is 0 Å². The van der Waals surface area contributed by atoms with Crippen LogP contribution in [0, 0.1) is 0 Å². The van der Waals surface area contributed by atoms with Crippen molar-refractivity contribution >= 4 is 27.3 Å². The van der Waals surface area contributed by atoms with Crippen LogP contribution in [0.25, 0.3) is 0 Å². The Kier molecular flexibility index (Phi) is 2.81. The molecule has 1 fully saturated rings. The van der Waals surface area contributed by atoms with Gasteiger partial charge in [-0.25, -0.2) is 0 Å². The van der Waals surface area contributed by atoms with Gasteiger partial charge in [-0.1, -0.05) is 18.9 Å². The summed E-state index contributed by atoms with van der Waals surface area (Å²) in [4.78, 5) is 2.62. The summed E-state index contributed by atoms with van der Waals surface area (Å²) >= 11 is 3.65. The van der Waals surface area contributed by atoms with Gasteiger partial charge in [0.2, 0.25) is 0 Å². The fourth-order valence-corrected chi connectivity index (χ4v) is 4.00. The minimum absolute atomic E-state index is 0.378. The number of rotatable bonds is 1. The van der Waals surface area contributed by atoms with Crippen molar-refractivity contribution in [2.24, 2.45) is 0 Å². The van der Waals surface area contributed by atoms with Gasteiger partial charge in [0.1, 0.15) is 0 Å². The van der Waals surface area contributed by atoms with Crippen molar-refractivity contribution in [1.29, 1.82) is 0 Å². The molecule has 1 aliphatic heterocycles. The molecule has 1 aromatic carbocycles. The number of nitrogens with zero attached hydrogens (tertiary/aromatic N) is 1. The molecule has 2 aliphatic rings. The topological polar surface area (TPSA) is 15.3 Å². The van der Waals surface area contributed by atoms with E-state index in [1.807, 2.05) is 0 Å². The first kappa shape index (κ1) is 11.4. The average molecular weight is 295 g/mol. The zero-order chi connectivity index (χ0) is 11.9. The zero-order valence-corrected chi connectivity index (χ0v) is 11.9. The Bertz CT molecular complexity index is 424. The fourth-order valence-electron chi connectivity index (χ4n) is 3.50. The van der Waals surface area contributed by atoms with E-state index in [2.05, 4.69) is 51.3 Å². The van der Waals surface area contributed by atoms with E-state index in [1.54, 1.807) is 0 Å². The number of para-hydroxylation sites is 1. The molecule has 1 aromatic rings. The number of benzene rings is 1. The first-order chi connectivity index (χ1) is 8.27. The van der Waals surface area contributed by atoms with Crippen molar-refractivity contribution in [2.75, 3.05) is 23.3 Å². The van der Waals surface area contributed by atoms with Crippen LogP contribution in [0.2, 0.25) is 0 Å². The molecular formula is C14H19BrN2. The van der Waals surface area contributed by atoms with Crippen LogP contribution in [0.15, 0.2) is 22.7 Å². The van der Waals surface area contributed by atoms with Crippen molar-refractivity contribution in [3.8, 4) is 0 Å². The van der Waals surface area contributed by atoms with E-state index in [1.165, 1.54) is 41.5 Å². The second kappa shape index (κ2) is 4.20. The van der Waals surface area contributed by atoms with E-state index < -0.39 is 0 Å². The van der Waals surface area contributed by atoms with Crippen molar-refractivity contribution in [1.82, 2.24) is 0 Å². The predicted octanol–water partition coefficient (Wildman–Crippen LogP) is 4.01. The molecule has 0 aromatic heterocycles. The Morgan fingerprint density at radius 2 is 2.12 bits per heavy atom. The number of hydrogen-bond donors (Lipinski definition) is 1. The monoisotopic (exact) mass is 294 g/mol. The smallest absolute Gasteiger partial charge is 0.0723 e. The third-order valence-corrected chi connectivity index (χ3v) is 4.96. The fraction of sp³-hybridized carbons (Fsp3) is 0.571. The standard InChI is InChI=1S/C14H19BrN2/c1-2-17-12-7-5-6-11(15)13(12)16-10-14(17)8-3-4-9-14/h5-7,16H,2-4,8-10H2,1H3. The third-order valence-electron chi connectivity index (χ3n) is 4.30. The lowest BCUT2D eigenvalue weighted by Crippen LogP contribution is -2.54. The molecule has 3 heteroatoms. The molecule has 3 rings (SSSR count). The van der Waals surface area contributed by atoms with Crippen molar-refractivity contribution in [3.05, 3.63) is 22.7 Å². The van der Waals surface area contributed by atoms with E-state index >= 15 is 0 Å². The number of anilines is 2. The summed E-state index contributed by atoms with van der Waals surface area (Å²) in [5.74, 6) is 0. The van der Waals surface area contributed by atoms with Crippen molar-refractivity contribution < 1.29 is 0 Å². The largest absolute Gasteiger partial charge is 0.380 e. The highest BCUT2D eigenvalue weighted by atomic mass is 79.9. The summed E-state index contributed by atoms with van der Waals surface area (Å²) in [6.07, 6.45) is 5.42. The number of likely N-dealkylation sites (N-methyl/N-ethyl adjacent to an activating group) is 1. The second-order valence-electron chi connectivity index (χ2n) is 5.16. The minimum Gasteiger partial charge on any atom is -0.380 e. The Labute approximate surface area is 112 Å². The van der Waals surface area contributed by atoms with E-state index in [9.17, 15) is 0 Å². The quantitative estimate of drug-likeness (QED) is 0.842. The normalized spacial score (nSPS) is 21.4. The second-order valence-corrected chi connectivity index (χ2v) is 6.02. The minimum atomic E-state index is 0.378. The van der Waals surface area contributed by atoms with E-state index in [0.29, 0.717) is 5.54 Å². The number of hydrogen-bond acceptors (Lipinski definition) is 2. The maximum atomic E-state index is 3.65. The Morgan fingerprint density at radius 1 is 1.35 bits per heavy atom. The third kappa shape index (κ3) is 1.67. The van der Waals surface area contributed by atoms with E-state index in [-0.39, 0.29) is 0 Å². The molecule has 92 valence electrons. The summed E-state index contributed by atoms with van der Waals surface area (Å²) in [6.45, 7) is 4.47. The maximum absolute atomic E-state index is 3.65. The van der Waals surface area contributed by atoms with Gasteiger partial charge in [-0.2, -0.15) is 0 Å². The zero-order valence-electron chi connectivity index (χ0n) is 10.3. The van der Waals surface area contributed by atoms with Crippen LogP contribution in [0.4, 0.5) is 11.4 Å². The van der Waals surface area contributed by atoms with E-state index in [0.717, 1.165) is 13.1 Å². The predicted molar refractivity (Wildman–Crippen MR) is 76.9 cm³/mol. The molecule has 1 saturated carbocycles. The van der Waals surface area contributed by atoms with Gasteiger partial charge in [0.05, 0.1) is 16.9 Å². The molecule has 17 heavy (non-hydrogen) atoms. The lowest BCUT2D eigenvalue weighted by molar-refractivity contribution is 0.412. The molecule has 0 amide bonds. The van der Waals surface area contributed by atoms with Gasteiger partial charge in [0.15, 0.2) is 0 Å². The first-order valence-corrected chi connectivity index (χ1v) is 7.36. The van der Waals surface area contributed by atoms with Crippen LogP contribution < -0.4 is 10.2 Å². The summed E-state index contributed by atoms with van der Waals surface area (Å²) in [7, 11) is 0. The van der Waals surface area contributed by atoms with Gasteiger partial charge in [-0.05, 0) is 47.8 Å². The molecule has 0 bridgehead atoms. The molecule has 1 aliphatic carbocycles. The van der Waals surface area contributed by atoms with Gasteiger partial charge < -0.3 is 10.2 Å². The van der Waals surface area contributed by atoms with Crippen LogP contribution in [0.1, 0.15) is 32.6 Å². The number of halogens is 1. The summed E-state index contributed by atoms with van der Waals surface area (Å²) < 4.78 is 1.18. The summed E-state index contributed by atoms with van der Waals surface area (Å²) in [6, 6.07) is 6.50. The van der Waals surface area contributed by atoms with Gasteiger partial charge in [-0.3, -0.25) is 0 Å². The number of fused-ring (bicyclic) bond motifs is 1. The van der Waals surface area contributed by atoms with Crippen LogP contribution in [-0.2, 0) is 0 Å². The lowest BCUT2D eigenvalue weighted by atomic mass is 9.91. The SMILES string of the molecule is CCN1c2cccc(Br)c2NCC12CCCC2. The van der Waals surface area contributed by atoms with E-state index in [4.69, 9.17) is 0 Å². The molecule has 1 spiro atoms. The first-order valence-electron chi connectivity index (χ1n) is 6.57. The molecule has 0 saturated heterocycles. The molecule has 1 heterocycles. The molecule has 0 unspecified atom stereocenters. The molecule has 1 N–H and O–H groups in total. The molecule has 0 atom stereocenters. The van der Waals surface area contributed by atoms with Crippen LogP contribution in [0.5, 0.6) is 0 Å². The molecule has 0 radical (unpaired) electrons. The van der Waals surface area contributed by atoms with Gasteiger partial charge in [-0.15, -0.1) is 0 Å². The summed E-state index contributed by atoms with van der Waals surface area (Å²) in [5.41, 5.74) is 3.02. The Morgan fingerprint density at radius 3 is 2.82 bits per heavy atom. The van der Waals surface area contributed by atoms with Gasteiger partial charge in [0, 0.05) is 17.6 Å². The molecular weight excluding hydrogens is 276 g/mol. The highest BCUT2D eigenvalue weighted by Crippen LogP contribution is 2.46. The maximum Gasteiger partial charge on any atom is 0.0723 e. The van der Waals surface area contributed by atoms with Crippen molar-refractivity contribution in [3.63, 3.8) is 0 Å². The number of nitrogens with one attached hydrogen (secondary N) is 1. The van der Waals surface area contributed by atoms with Gasteiger partial charge in [0.25, 0.3) is 0 Å². The van der Waals surface area contributed by atoms with Crippen molar-refractivity contribution in [2.45, 2.75) is 38.1 Å². The highest BCUT2D eigenvalue weighted by molar-refractivity contribution is 9.10. The summed E-state index contributed by atoms with van der Waals surface area (Å²) in [5, 5.41) is 3.64. The lowest BCUT2D eigenvalue weighted by Gasteiger charge is -2.47. The average Bonchev–Trinajstić information content (AvgIpc) is 2.78. The van der Waals surface area contributed by atoms with Crippen LogP contribution in [-0.4, -0.2) is 18.6 Å². The Hall–Kier alpha value is -0.700. The Balaban J connectivity index is 2.06. The molecule has 2 nitrogen and oxygen atoms in total.